The maximum absolute atomic E-state index is 4.61. The molecule has 0 unspecified atom stereocenters. The second-order valence-corrected chi connectivity index (χ2v) is 1.31. The van der Waals surface area contributed by atoms with Gasteiger partial charge in [0.15, 0.2) is 0 Å². The molecular formula is C3H3NOS. The van der Waals surface area contributed by atoms with Crippen molar-refractivity contribution in [3.05, 3.63) is 12.3 Å². The summed E-state index contributed by atoms with van der Waals surface area (Å²) < 4.78 is 8.27. The molecule has 32 valence electrons. The average molecular weight is 101 g/mol. The molecule has 0 N–H and O–H groups in total. The van der Waals surface area contributed by atoms with Gasteiger partial charge in [-0.05, 0) is 6.08 Å². The molecule has 0 bridgehead atoms. The van der Waals surface area contributed by atoms with Crippen molar-refractivity contribution in [2.24, 2.45) is 4.40 Å². The first-order valence-corrected chi connectivity index (χ1v) is 2.21. The molecule has 0 spiro atoms. The van der Waals surface area contributed by atoms with E-state index in [0.717, 1.165) is 12.2 Å². The van der Waals surface area contributed by atoms with E-state index in [1.165, 1.54) is 0 Å². The first-order valence-electron chi connectivity index (χ1n) is 1.51. The highest BCUT2D eigenvalue weighted by Crippen LogP contribution is 2.05. The SMILES string of the molecule is C1=COSN=C1. The van der Waals surface area contributed by atoms with Crippen LogP contribution in [0.1, 0.15) is 0 Å². The lowest BCUT2D eigenvalue weighted by Crippen LogP contribution is -1.70. The minimum absolute atomic E-state index is 1.08. The molecule has 0 fully saturated rings. The summed E-state index contributed by atoms with van der Waals surface area (Å²) in [7, 11) is 0. The van der Waals surface area contributed by atoms with Crippen LogP contribution in [-0.2, 0) is 4.18 Å². The molecule has 0 atom stereocenters. The van der Waals surface area contributed by atoms with E-state index in [1.54, 1.807) is 18.6 Å². The van der Waals surface area contributed by atoms with E-state index < -0.39 is 0 Å². The standard InChI is InChI=1S/C3H3NOS/c1-2-4-6-5-3-1/h1-3H. The Morgan fingerprint density at radius 2 is 2.67 bits per heavy atom. The lowest BCUT2D eigenvalue weighted by atomic mass is 10.7. The fourth-order valence-corrected chi connectivity index (χ4v) is 0.460. The van der Waals surface area contributed by atoms with Crippen LogP contribution < -0.4 is 0 Å². The zero-order chi connectivity index (χ0) is 4.24. The van der Waals surface area contributed by atoms with Gasteiger partial charge in [0.05, 0.1) is 0 Å². The number of rotatable bonds is 0. The van der Waals surface area contributed by atoms with E-state index in [2.05, 4.69) is 8.58 Å². The van der Waals surface area contributed by atoms with Gasteiger partial charge in [-0.2, -0.15) is 4.40 Å². The third-order valence-corrected chi connectivity index (χ3v) is 0.772. The van der Waals surface area contributed by atoms with Crippen LogP contribution >= 0.6 is 12.2 Å². The molecule has 1 heterocycles. The van der Waals surface area contributed by atoms with Gasteiger partial charge in [-0.25, -0.2) is 0 Å². The van der Waals surface area contributed by atoms with Gasteiger partial charge in [-0.3, -0.25) is 0 Å². The molecule has 0 aliphatic carbocycles. The Kier molecular flexibility index (Phi) is 1.17. The van der Waals surface area contributed by atoms with Crippen molar-refractivity contribution >= 4 is 18.4 Å². The summed E-state index contributed by atoms with van der Waals surface area (Å²) in [5, 5.41) is 0. The molecule has 0 saturated heterocycles. The van der Waals surface area contributed by atoms with Crippen LogP contribution in [0.3, 0.4) is 0 Å². The molecule has 0 aromatic rings. The van der Waals surface area contributed by atoms with Gasteiger partial charge in [0.2, 0.25) is 12.2 Å². The molecule has 1 aliphatic rings. The highest BCUT2D eigenvalue weighted by molar-refractivity contribution is 7.93. The number of nitrogens with zero attached hydrogens (tertiary/aromatic N) is 1. The smallest absolute Gasteiger partial charge is 0.200 e. The molecule has 3 heteroatoms. The number of allylic oxidation sites excluding steroid dienone is 1. The fourth-order valence-electron chi connectivity index (χ4n) is 0.177. The van der Waals surface area contributed by atoms with Crippen molar-refractivity contribution in [1.29, 1.82) is 0 Å². The minimum Gasteiger partial charge on any atom is -0.412 e. The predicted molar refractivity (Wildman–Crippen MR) is 26.3 cm³/mol. The van der Waals surface area contributed by atoms with Crippen molar-refractivity contribution in [1.82, 2.24) is 0 Å². The van der Waals surface area contributed by atoms with Crippen LogP contribution in [-0.4, -0.2) is 6.21 Å². The predicted octanol–water partition coefficient (Wildman–Crippen LogP) is 1.16. The van der Waals surface area contributed by atoms with Crippen molar-refractivity contribution in [3.63, 3.8) is 0 Å². The van der Waals surface area contributed by atoms with Gasteiger partial charge in [0.25, 0.3) is 0 Å². The van der Waals surface area contributed by atoms with Gasteiger partial charge >= 0.3 is 0 Å². The Morgan fingerprint density at radius 3 is 2.83 bits per heavy atom. The largest absolute Gasteiger partial charge is 0.412 e. The Morgan fingerprint density at radius 1 is 1.67 bits per heavy atom. The summed E-state index contributed by atoms with van der Waals surface area (Å²) in [4.78, 5) is 0. The molecule has 0 aromatic heterocycles. The molecule has 2 nitrogen and oxygen atoms in total. The molecule has 0 saturated carbocycles. The molecule has 0 aromatic carbocycles. The van der Waals surface area contributed by atoms with E-state index in [0.29, 0.717) is 0 Å². The summed E-state index contributed by atoms with van der Waals surface area (Å²) in [5.74, 6) is 0. The van der Waals surface area contributed by atoms with Crippen molar-refractivity contribution < 1.29 is 4.18 Å². The zero-order valence-corrected chi connectivity index (χ0v) is 3.81. The van der Waals surface area contributed by atoms with Crippen LogP contribution in [0.15, 0.2) is 16.7 Å². The first-order chi connectivity index (χ1) is 3.00. The molecular weight excluding hydrogens is 98.1 g/mol. The van der Waals surface area contributed by atoms with Crippen LogP contribution in [0.4, 0.5) is 0 Å². The second kappa shape index (κ2) is 1.87. The molecule has 0 radical (unpaired) electrons. The quantitative estimate of drug-likeness (QED) is 0.337. The minimum atomic E-state index is 1.08. The average Bonchev–Trinajstić information content (AvgIpc) is 1.72. The maximum atomic E-state index is 4.61. The molecule has 1 rings (SSSR count). The van der Waals surface area contributed by atoms with Gasteiger partial charge in [-0.1, -0.05) is 0 Å². The molecule has 0 amide bonds. The third-order valence-electron chi connectivity index (χ3n) is 0.367. The third kappa shape index (κ3) is 0.755. The molecule has 6 heavy (non-hydrogen) atoms. The Balaban J connectivity index is 2.46. The zero-order valence-electron chi connectivity index (χ0n) is 3.00. The topological polar surface area (TPSA) is 21.6 Å². The van der Waals surface area contributed by atoms with Crippen LogP contribution in [0.5, 0.6) is 0 Å². The Labute approximate surface area is 40.3 Å². The Bertz CT molecular complexity index is 76.8. The fraction of sp³-hybridized carbons (Fsp3) is 0. The van der Waals surface area contributed by atoms with Crippen LogP contribution in [0.2, 0.25) is 0 Å². The van der Waals surface area contributed by atoms with Crippen molar-refractivity contribution in [2.45, 2.75) is 0 Å². The summed E-state index contributed by atoms with van der Waals surface area (Å²) in [6.45, 7) is 0. The van der Waals surface area contributed by atoms with Crippen molar-refractivity contribution in [3.8, 4) is 0 Å². The van der Waals surface area contributed by atoms with E-state index in [9.17, 15) is 0 Å². The van der Waals surface area contributed by atoms with Gasteiger partial charge in [0, 0.05) is 6.21 Å². The second-order valence-electron chi connectivity index (χ2n) is 0.754. The van der Waals surface area contributed by atoms with E-state index in [1.807, 2.05) is 0 Å². The van der Waals surface area contributed by atoms with E-state index in [-0.39, 0.29) is 0 Å². The van der Waals surface area contributed by atoms with Crippen LogP contribution in [0, 0.1) is 0 Å². The Hall–Kier alpha value is -0.440. The van der Waals surface area contributed by atoms with Crippen LogP contribution in [0.25, 0.3) is 0 Å². The first kappa shape index (κ1) is 3.74. The van der Waals surface area contributed by atoms with E-state index in [4.69, 9.17) is 0 Å². The highest BCUT2D eigenvalue weighted by Gasteiger charge is 1.79. The lowest BCUT2D eigenvalue weighted by Gasteiger charge is -1.90. The number of hydrogen-bond donors (Lipinski definition) is 0. The van der Waals surface area contributed by atoms with Gasteiger partial charge in [0.1, 0.15) is 6.26 Å². The van der Waals surface area contributed by atoms with Gasteiger partial charge in [-0.15, -0.1) is 0 Å². The lowest BCUT2D eigenvalue weighted by molar-refractivity contribution is 0.566. The summed E-state index contributed by atoms with van der Waals surface area (Å²) in [5.41, 5.74) is 0. The summed E-state index contributed by atoms with van der Waals surface area (Å²) in [6, 6.07) is 0. The summed E-state index contributed by atoms with van der Waals surface area (Å²) >= 11 is 1.08. The van der Waals surface area contributed by atoms with E-state index >= 15 is 0 Å². The normalized spacial score (nSPS) is 17.3. The monoisotopic (exact) mass is 101 g/mol. The molecule has 1 aliphatic heterocycles. The number of hydrogen-bond acceptors (Lipinski definition) is 3. The highest BCUT2D eigenvalue weighted by atomic mass is 32.2. The summed E-state index contributed by atoms with van der Waals surface area (Å²) in [6.07, 6.45) is 4.99. The maximum Gasteiger partial charge on any atom is 0.200 e. The van der Waals surface area contributed by atoms with Gasteiger partial charge < -0.3 is 4.18 Å². The van der Waals surface area contributed by atoms with Crippen molar-refractivity contribution in [2.75, 3.05) is 0 Å².